The molecule has 0 aliphatic rings. The van der Waals surface area contributed by atoms with Crippen LogP contribution in [0, 0.1) is 82.8 Å². The van der Waals surface area contributed by atoms with Crippen molar-refractivity contribution in [3.8, 4) is 22.8 Å². The summed E-state index contributed by atoms with van der Waals surface area (Å²) in [5, 5.41) is 51.8. The molecule has 0 atom stereocenters. The van der Waals surface area contributed by atoms with Crippen LogP contribution in [0.15, 0.2) is 67.0 Å². The molecule has 0 aliphatic carbocycles. The van der Waals surface area contributed by atoms with Gasteiger partial charge in [-0.05, 0) is 43.3 Å². The predicted molar refractivity (Wildman–Crippen MR) is 115 cm³/mol. The van der Waals surface area contributed by atoms with Crippen molar-refractivity contribution in [1.29, 1.82) is 0 Å². The van der Waals surface area contributed by atoms with Crippen LogP contribution in [-0.2, 0) is 0 Å². The zero-order valence-corrected chi connectivity index (χ0v) is 18.8. The first-order chi connectivity index (χ1) is 15.5. The Morgan fingerprint density at radius 3 is 1.15 bits per heavy atom. The van der Waals surface area contributed by atoms with Gasteiger partial charge in [-0.1, -0.05) is 18.2 Å². The first kappa shape index (κ1) is 34.8. The van der Waals surface area contributed by atoms with E-state index in [2.05, 4.69) is 15.0 Å². The molecule has 0 fully saturated rings. The second kappa shape index (κ2) is 22.4. The summed E-state index contributed by atoms with van der Waals surface area (Å²) < 4.78 is 0. The minimum absolute atomic E-state index is 0. The Kier molecular flexibility index (Phi) is 23.0. The number of rotatable bonds is 2. The fourth-order valence-corrected chi connectivity index (χ4v) is 1.75. The summed E-state index contributed by atoms with van der Waals surface area (Å²) in [5.74, 6) is 0. The van der Waals surface area contributed by atoms with Gasteiger partial charge in [0.1, 0.15) is 0 Å². The Balaban J connectivity index is -0.000000500. The predicted octanol–water partition coefficient (Wildman–Crippen LogP) is 2.49. The second-order valence-corrected chi connectivity index (χ2v) is 4.83. The minimum atomic E-state index is -1.75. The van der Waals surface area contributed by atoms with E-state index in [-0.39, 0.29) is 43.5 Å². The molecule has 16 nitrogen and oxygen atoms in total. The van der Waals surface area contributed by atoms with E-state index in [0.29, 0.717) is 0 Å². The van der Waals surface area contributed by atoms with Gasteiger partial charge in [0.2, 0.25) is 0 Å². The molecular formula is C17H17LuN6O10. The van der Waals surface area contributed by atoms with E-state index < -0.39 is 15.3 Å². The Labute approximate surface area is 220 Å². The molecule has 0 unspecified atom stereocenters. The number of aliphatic hydroxyl groups excluding tert-OH is 1. The third-order valence-electron chi connectivity index (χ3n) is 2.60. The molecule has 3 heterocycles. The van der Waals surface area contributed by atoms with Gasteiger partial charge >= 0.3 is 36.9 Å². The molecule has 3 aromatic heterocycles. The third kappa shape index (κ3) is 22.9. The van der Waals surface area contributed by atoms with Crippen molar-refractivity contribution >= 4 is 0 Å². The molecule has 190 valence electrons. The van der Waals surface area contributed by atoms with Gasteiger partial charge in [-0.15, -0.1) is 0 Å². The van der Waals surface area contributed by atoms with Crippen LogP contribution >= 0.6 is 0 Å². The van der Waals surface area contributed by atoms with Crippen LogP contribution in [0.2, 0.25) is 0 Å². The van der Waals surface area contributed by atoms with Crippen molar-refractivity contribution in [3.05, 3.63) is 113 Å². The molecule has 3 rings (SSSR count). The van der Waals surface area contributed by atoms with Gasteiger partial charge in [0, 0.05) is 19.0 Å². The van der Waals surface area contributed by atoms with Gasteiger partial charge in [-0.3, -0.25) is 9.97 Å². The van der Waals surface area contributed by atoms with Gasteiger partial charge in [-0.25, -0.2) is 4.98 Å². The normalized spacial score (nSPS) is 8.06. The molecule has 0 radical (unpaired) electrons. The molecule has 0 saturated heterocycles. The van der Waals surface area contributed by atoms with Gasteiger partial charge in [0.25, 0.3) is 0 Å². The number of pyridine rings is 3. The van der Waals surface area contributed by atoms with Gasteiger partial charge < -0.3 is 51.1 Å². The van der Waals surface area contributed by atoms with Gasteiger partial charge in [-0.2, -0.15) is 0 Å². The summed E-state index contributed by atoms with van der Waals surface area (Å²) in [6, 6.07) is 17.5. The van der Waals surface area contributed by atoms with Crippen LogP contribution in [0.25, 0.3) is 22.8 Å². The molecule has 0 bridgehead atoms. The van der Waals surface area contributed by atoms with E-state index in [1.807, 2.05) is 54.6 Å². The number of aromatic nitrogens is 3. The molecular weight excluding hydrogens is 623 g/mol. The van der Waals surface area contributed by atoms with Crippen molar-refractivity contribution in [3.63, 3.8) is 0 Å². The van der Waals surface area contributed by atoms with E-state index in [9.17, 15) is 0 Å². The third-order valence-corrected chi connectivity index (χ3v) is 2.60. The molecule has 0 aromatic carbocycles. The maximum Gasteiger partial charge on any atom is 3.00 e. The Morgan fingerprint density at radius 2 is 0.912 bits per heavy atom. The summed E-state index contributed by atoms with van der Waals surface area (Å²) in [7, 11) is 0. The van der Waals surface area contributed by atoms with Crippen molar-refractivity contribution < 1.29 is 57.2 Å². The van der Waals surface area contributed by atoms with E-state index in [0.717, 1.165) is 22.8 Å². The average Bonchev–Trinajstić information content (AvgIpc) is 2.75. The van der Waals surface area contributed by atoms with E-state index >= 15 is 0 Å². The zero-order valence-electron chi connectivity index (χ0n) is 17.1. The molecule has 0 aliphatic heterocycles. The largest absolute Gasteiger partial charge is 3.00 e. The van der Waals surface area contributed by atoms with E-state index in [1.54, 1.807) is 19.3 Å². The van der Waals surface area contributed by atoms with Crippen molar-refractivity contribution in [2.45, 2.75) is 6.92 Å². The van der Waals surface area contributed by atoms with Crippen LogP contribution in [-0.4, -0.2) is 41.9 Å². The maximum absolute atomic E-state index is 8.25. The van der Waals surface area contributed by atoms with Crippen molar-refractivity contribution in [2.75, 3.05) is 6.61 Å². The maximum atomic E-state index is 8.25. The zero-order chi connectivity index (χ0) is 25.6. The Bertz CT molecular complexity index is 859. The number of hydrogen-bond donors (Lipinski definition) is 1. The van der Waals surface area contributed by atoms with Crippen molar-refractivity contribution in [1.82, 2.24) is 15.0 Å². The summed E-state index contributed by atoms with van der Waals surface area (Å²) >= 11 is 0. The first-order valence-corrected chi connectivity index (χ1v) is 8.40. The van der Waals surface area contributed by atoms with Gasteiger partial charge in [0.05, 0.1) is 38.0 Å². The number of nitrogens with zero attached hydrogens (tertiary/aromatic N) is 6. The summed E-state index contributed by atoms with van der Waals surface area (Å²) in [4.78, 5) is 37.9. The quantitative estimate of drug-likeness (QED) is 0.312. The topological polar surface area (TPSA) is 257 Å². The summed E-state index contributed by atoms with van der Waals surface area (Å²) in [6.07, 6.45) is 3.54. The smallest absolute Gasteiger partial charge is 0.397 e. The fourth-order valence-electron chi connectivity index (χ4n) is 1.75. The van der Waals surface area contributed by atoms with E-state index in [4.69, 9.17) is 51.1 Å². The molecule has 0 spiro atoms. The molecule has 0 saturated carbocycles. The van der Waals surface area contributed by atoms with Crippen LogP contribution in [0.4, 0.5) is 0 Å². The van der Waals surface area contributed by atoms with Crippen LogP contribution in [0.1, 0.15) is 6.92 Å². The molecule has 3 aromatic rings. The second-order valence-electron chi connectivity index (χ2n) is 4.83. The standard InChI is InChI=1S/C15H11N3.C2H6O.Lu.3NO3/c1-3-10-16-12(6-1)14-8-5-9-15(18-14)13-7-2-4-11-17-13;1-2-3;;3*2-1(3)4/h1-11H;3H,2H2,1H3;;;;/q;;+3;3*-1. The molecule has 0 amide bonds. The Morgan fingerprint density at radius 1 is 0.647 bits per heavy atom. The van der Waals surface area contributed by atoms with Crippen LogP contribution in [0.3, 0.4) is 0 Å². The minimum Gasteiger partial charge on any atom is -0.397 e. The summed E-state index contributed by atoms with van der Waals surface area (Å²) in [5.41, 5.74) is 3.46. The summed E-state index contributed by atoms with van der Waals surface area (Å²) in [6.45, 7) is 1.93. The van der Waals surface area contributed by atoms with Crippen LogP contribution in [0.5, 0.6) is 0 Å². The molecule has 34 heavy (non-hydrogen) atoms. The SMILES string of the molecule is CCO.O=[N+]([O-])[O-].O=[N+]([O-])[O-].O=[N+]([O-])[O-].[Lu+3].c1ccc(-c2cccc(-c3ccccn3)n2)nc1. The molecule has 1 N–H and O–H groups in total. The van der Waals surface area contributed by atoms with E-state index in [1.165, 1.54) is 0 Å². The number of aliphatic hydroxyl groups is 1. The Hall–Kier alpha value is -3.76. The van der Waals surface area contributed by atoms with Gasteiger partial charge in [0.15, 0.2) is 0 Å². The van der Waals surface area contributed by atoms with Crippen LogP contribution < -0.4 is 0 Å². The first-order valence-electron chi connectivity index (χ1n) is 8.40. The molecule has 17 heteroatoms. The number of hydrogen-bond acceptors (Lipinski definition) is 13. The van der Waals surface area contributed by atoms with Crippen molar-refractivity contribution in [2.24, 2.45) is 0 Å². The fraction of sp³-hybridized carbons (Fsp3) is 0.118. The average molecular weight is 640 g/mol. The monoisotopic (exact) mass is 640 g/mol.